The third-order valence-corrected chi connectivity index (χ3v) is 8.64. The number of nitrogens with zero attached hydrogens (tertiary/aromatic N) is 2. The van der Waals surface area contributed by atoms with Crippen molar-refractivity contribution in [2.45, 2.75) is 56.9 Å². The number of carbonyl (C=O) groups excluding carboxylic acids is 2. The first-order valence-corrected chi connectivity index (χ1v) is 14.7. The van der Waals surface area contributed by atoms with E-state index in [4.69, 9.17) is 11.6 Å². The van der Waals surface area contributed by atoms with Crippen molar-refractivity contribution < 1.29 is 31.2 Å². The Morgan fingerprint density at radius 3 is 2.10 bits per heavy atom. The third kappa shape index (κ3) is 8.01. The van der Waals surface area contributed by atoms with Gasteiger partial charge in [0.15, 0.2) is 0 Å². The van der Waals surface area contributed by atoms with E-state index in [1.165, 1.54) is 36.1 Å². The monoisotopic (exact) mass is 609 g/mol. The molecule has 7 nitrogen and oxygen atoms in total. The van der Waals surface area contributed by atoms with E-state index in [0.29, 0.717) is 22.4 Å². The van der Waals surface area contributed by atoms with E-state index in [0.717, 1.165) is 12.1 Å². The highest BCUT2D eigenvalue weighted by Crippen LogP contribution is 2.38. The van der Waals surface area contributed by atoms with Crippen LogP contribution in [0.2, 0.25) is 5.02 Å². The molecule has 0 fully saturated rings. The molecule has 0 aliphatic carbocycles. The van der Waals surface area contributed by atoms with Crippen LogP contribution in [-0.4, -0.2) is 43.8 Å². The molecule has 220 valence electrons. The van der Waals surface area contributed by atoms with E-state index < -0.39 is 56.9 Å². The van der Waals surface area contributed by atoms with Gasteiger partial charge >= 0.3 is 6.18 Å². The Labute approximate surface area is 243 Å². The van der Waals surface area contributed by atoms with Gasteiger partial charge < -0.3 is 10.2 Å². The van der Waals surface area contributed by atoms with Gasteiger partial charge in [0.05, 0.1) is 21.2 Å². The fourth-order valence-corrected chi connectivity index (χ4v) is 5.61. The topological polar surface area (TPSA) is 86.8 Å². The molecule has 12 heteroatoms. The molecule has 2 amide bonds. The smallest absolute Gasteiger partial charge is 0.352 e. The molecule has 2 atom stereocenters. The maximum absolute atomic E-state index is 13.9. The number of halogens is 4. The minimum Gasteiger partial charge on any atom is -0.352 e. The Hall–Kier alpha value is -3.57. The van der Waals surface area contributed by atoms with Crippen molar-refractivity contribution in [1.29, 1.82) is 0 Å². The van der Waals surface area contributed by atoms with Crippen molar-refractivity contribution in [3.05, 3.63) is 95.0 Å². The van der Waals surface area contributed by atoms with Gasteiger partial charge in [-0.2, -0.15) is 13.2 Å². The zero-order valence-corrected chi connectivity index (χ0v) is 24.3. The summed E-state index contributed by atoms with van der Waals surface area (Å²) in [5.41, 5.74) is -0.984. The number of nitrogens with one attached hydrogen (secondary N) is 1. The van der Waals surface area contributed by atoms with Crippen molar-refractivity contribution >= 4 is 39.1 Å². The molecule has 0 radical (unpaired) electrons. The standard InChI is InChI=1S/C29H31ClF3N3O4S/c1-4-20(2)34-28(38)21(3)35(18-22-11-7-5-8-12-22)27(37)19-36(41(39,40)24-13-9-6-10-14-24)23-15-16-26(30)25(17-23)29(31,32)33/h5-17,20-21H,4,18-19H2,1-3H3,(H,34,38)/t20-,21-/m1/s1. The van der Waals surface area contributed by atoms with E-state index in [1.54, 1.807) is 43.3 Å². The molecule has 0 aromatic heterocycles. The minimum atomic E-state index is -4.87. The van der Waals surface area contributed by atoms with Crippen molar-refractivity contribution in [2.24, 2.45) is 0 Å². The summed E-state index contributed by atoms with van der Waals surface area (Å²) in [5, 5.41) is 2.20. The van der Waals surface area contributed by atoms with Gasteiger partial charge in [-0.1, -0.05) is 67.1 Å². The highest BCUT2D eigenvalue weighted by Gasteiger charge is 2.37. The molecule has 0 saturated heterocycles. The molecule has 0 spiro atoms. The molecule has 0 saturated carbocycles. The molecule has 0 heterocycles. The van der Waals surface area contributed by atoms with E-state index in [-0.39, 0.29) is 17.5 Å². The normalized spacial score (nSPS) is 13.2. The number of alkyl halides is 3. The second kappa shape index (κ2) is 13.4. The van der Waals surface area contributed by atoms with Crippen molar-refractivity contribution in [3.8, 4) is 0 Å². The maximum atomic E-state index is 13.9. The van der Waals surface area contributed by atoms with Crippen LogP contribution >= 0.6 is 11.6 Å². The number of rotatable bonds is 11. The number of anilines is 1. The summed E-state index contributed by atoms with van der Waals surface area (Å²) >= 11 is 5.79. The van der Waals surface area contributed by atoms with E-state index in [9.17, 15) is 31.2 Å². The molecule has 3 rings (SSSR count). The van der Waals surface area contributed by atoms with Crippen LogP contribution in [0.25, 0.3) is 0 Å². The van der Waals surface area contributed by atoms with Crippen LogP contribution in [0.5, 0.6) is 0 Å². The SMILES string of the molecule is CC[C@@H](C)NC(=O)[C@@H](C)N(Cc1ccccc1)C(=O)CN(c1ccc(Cl)c(C(F)(F)F)c1)S(=O)(=O)c1ccccc1. The van der Waals surface area contributed by atoms with Crippen LogP contribution in [-0.2, 0) is 32.3 Å². The van der Waals surface area contributed by atoms with Crippen LogP contribution in [0.1, 0.15) is 38.3 Å². The molecule has 3 aromatic rings. The first kappa shape index (κ1) is 32.0. The Balaban J connectivity index is 2.09. The summed E-state index contributed by atoms with van der Waals surface area (Å²) in [6.07, 6.45) is -4.23. The van der Waals surface area contributed by atoms with Gasteiger partial charge in [-0.25, -0.2) is 8.42 Å². The molecular weight excluding hydrogens is 579 g/mol. The summed E-state index contributed by atoms with van der Waals surface area (Å²) in [7, 11) is -4.52. The van der Waals surface area contributed by atoms with Gasteiger partial charge in [0.2, 0.25) is 11.8 Å². The molecule has 0 aliphatic rings. The van der Waals surface area contributed by atoms with Crippen molar-refractivity contribution in [2.75, 3.05) is 10.8 Å². The number of hydrogen-bond acceptors (Lipinski definition) is 4. The lowest BCUT2D eigenvalue weighted by Gasteiger charge is -2.32. The highest BCUT2D eigenvalue weighted by atomic mass is 35.5. The van der Waals surface area contributed by atoms with Gasteiger partial charge in [0.25, 0.3) is 10.0 Å². The first-order chi connectivity index (χ1) is 19.3. The van der Waals surface area contributed by atoms with E-state index in [2.05, 4.69) is 5.32 Å². The summed E-state index contributed by atoms with van der Waals surface area (Å²) in [5.74, 6) is -1.24. The van der Waals surface area contributed by atoms with E-state index in [1.807, 2.05) is 6.92 Å². The average Bonchev–Trinajstić information content (AvgIpc) is 2.94. The lowest BCUT2D eigenvalue weighted by atomic mass is 10.1. The lowest BCUT2D eigenvalue weighted by Crippen LogP contribution is -2.52. The Kier molecular flexibility index (Phi) is 10.4. The fraction of sp³-hybridized carbons (Fsp3) is 0.310. The lowest BCUT2D eigenvalue weighted by molar-refractivity contribution is -0.139. The van der Waals surface area contributed by atoms with E-state index >= 15 is 0 Å². The van der Waals surface area contributed by atoms with Crippen LogP contribution < -0.4 is 9.62 Å². The Bertz CT molecular complexity index is 1460. The molecule has 0 aliphatic heterocycles. The minimum absolute atomic E-state index is 0.0393. The van der Waals surface area contributed by atoms with Gasteiger partial charge in [0, 0.05) is 12.6 Å². The molecule has 0 bridgehead atoms. The van der Waals surface area contributed by atoms with Crippen LogP contribution in [0.3, 0.4) is 0 Å². The van der Waals surface area contributed by atoms with Gasteiger partial charge in [-0.15, -0.1) is 0 Å². The molecule has 0 unspecified atom stereocenters. The highest BCUT2D eigenvalue weighted by molar-refractivity contribution is 7.92. The summed E-state index contributed by atoms with van der Waals surface area (Å²) in [4.78, 5) is 27.9. The van der Waals surface area contributed by atoms with Crippen molar-refractivity contribution in [3.63, 3.8) is 0 Å². The number of benzene rings is 3. The third-order valence-electron chi connectivity index (χ3n) is 6.52. The Morgan fingerprint density at radius 2 is 1.54 bits per heavy atom. The second-order valence-electron chi connectivity index (χ2n) is 9.49. The largest absolute Gasteiger partial charge is 0.417 e. The van der Waals surface area contributed by atoms with Crippen molar-refractivity contribution in [1.82, 2.24) is 10.2 Å². The molecule has 3 aromatic carbocycles. The quantitative estimate of drug-likeness (QED) is 0.294. The molecule has 1 N–H and O–H groups in total. The van der Waals surface area contributed by atoms with Crippen LogP contribution in [0, 0.1) is 0 Å². The Morgan fingerprint density at radius 1 is 0.951 bits per heavy atom. The zero-order valence-electron chi connectivity index (χ0n) is 22.7. The number of amides is 2. The fourth-order valence-electron chi connectivity index (χ4n) is 3.96. The second-order valence-corrected chi connectivity index (χ2v) is 11.8. The number of hydrogen-bond donors (Lipinski definition) is 1. The predicted molar refractivity (Wildman–Crippen MR) is 152 cm³/mol. The van der Waals surface area contributed by atoms with Crippen LogP contribution in [0.15, 0.2) is 83.8 Å². The molecule has 41 heavy (non-hydrogen) atoms. The average molecular weight is 610 g/mol. The first-order valence-electron chi connectivity index (χ1n) is 12.8. The summed E-state index contributed by atoms with van der Waals surface area (Å²) in [6.45, 7) is 4.29. The maximum Gasteiger partial charge on any atom is 0.417 e. The molecular formula is C29H31ClF3N3O4S. The van der Waals surface area contributed by atoms with Crippen LogP contribution in [0.4, 0.5) is 18.9 Å². The summed E-state index contributed by atoms with van der Waals surface area (Å²) < 4.78 is 69.2. The predicted octanol–water partition coefficient (Wildman–Crippen LogP) is 5.89. The van der Waals surface area contributed by atoms with Gasteiger partial charge in [-0.3, -0.25) is 13.9 Å². The zero-order chi connectivity index (χ0) is 30.4. The van der Waals surface area contributed by atoms with Gasteiger partial charge in [0.1, 0.15) is 12.6 Å². The van der Waals surface area contributed by atoms with Gasteiger partial charge in [-0.05, 0) is 56.2 Å². The summed E-state index contributed by atoms with van der Waals surface area (Å²) in [6, 6.07) is 17.2. The number of carbonyl (C=O) groups is 2. The number of sulfonamides is 1.